The molecule has 6 nitrogen and oxygen atoms in total. The number of nitrogens with zero attached hydrogens (tertiary/aromatic N) is 1. The van der Waals surface area contributed by atoms with Crippen molar-refractivity contribution in [1.29, 1.82) is 0 Å². The highest BCUT2D eigenvalue weighted by molar-refractivity contribution is 5.80. The Bertz CT molecular complexity index is 374. The van der Waals surface area contributed by atoms with Gasteiger partial charge in [0, 0.05) is 32.8 Å². The van der Waals surface area contributed by atoms with Crippen LogP contribution in [-0.2, 0) is 9.53 Å². The number of ether oxygens (including phenoxy) is 1. The van der Waals surface area contributed by atoms with Crippen molar-refractivity contribution in [3.05, 3.63) is 0 Å². The SMILES string of the molecule is CCOCCCNC(=O)N1C[C@@H]2CCC[C@@]2(C(=O)O)C1. The Morgan fingerprint density at radius 3 is 2.95 bits per heavy atom. The van der Waals surface area contributed by atoms with Crippen LogP contribution in [0.1, 0.15) is 32.6 Å². The molecule has 114 valence electrons. The average molecular weight is 284 g/mol. The Labute approximate surface area is 119 Å². The van der Waals surface area contributed by atoms with Gasteiger partial charge in [0.15, 0.2) is 0 Å². The summed E-state index contributed by atoms with van der Waals surface area (Å²) < 4.78 is 5.21. The monoisotopic (exact) mass is 284 g/mol. The van der Waals surface area contributed by atoms with Crippen LogP contribution in [0.2, 0.25) is 0 Å². The van der Waals surface area contributed by atoms with E-state index in [1.165, 1.54) is 0 Å². The first kappa shape index (κ1) is 15.1. The molecule has 1 heterocycles. The first-order valence-corrected chi connectivity index (χ1v) is 7.44. The summed E-state index contributed by atoms with van der Waals surface area (Å²) in [6.07, 6.45) is 3.35. The number of fused-ring (bicyclic) bond motifs is 1. The van der Waals surface area contributed by atoms with E-state index in [0.29, 0.717) is 39.3 Å². The number of aliphatic carboxylic acids is 1. The zero-order chi connectivity index (χ0) is 14.6. The lowest BCUT2D eigenvalue weighted by Crippen LogP contribution is -2.42. The maximum Gasteiger partial charge on any atom is 0.317 e. The Kier molecular flexibility index (Phi) is 4.86. The van der Waals surface area contributed by atoms with E-state index in [9.17, 15) is 14.7 Å². The van der Waals surface area contributed by atoms with E-state index in [1.54, 1.807) is 4.90 Å². The summed E-state index contributed by atoms with van der Waals surface area (Å²) in [7, 11) is 0. The minimum Gasteiger partial charge on any atom is -0.481 e. The van der Waals surface area contributed by atoms with Gasteiger partial charge in [-0.2, -0.15) is 0 Å². The highest BCUT2D eigenvalue weighted by Gasteiger charge is 2.55. The summed E-state index contributed by atoms with van der Waals surface area (Å²) in [5.74, 6) is -0.624. The first-order chi connectivity index (χ1) is 9.60. The molecule has 0 aromatic heterocycles. The van der Waals surface area contributed by atoms with Crippen molar-refractivity contribution in [2.75, 3.05) is 32.8 Å². The van der Waals surface area contributed by atoms with Gasteiger partial charge < -0.3 is 20.1 Å². The topological polar surface area (TPSA) is 78.9 Å². The lowest BCUT2D eigenvalue weighted by atomic mass is 9.81. The molecule has 2 amide bonds. The average Bonchev–Trinajstić information content (AvgIpc) is 2.95. The van der Waals surface area contributed by atoms with Crippen LogP contribution in [0, 0.1) is 11.3 Å². The molecular weight excluding hydrogens is 260 g/mol. The number of hydrogen-bond donors (Lipinski definition) is 2. The van der Waals surface area contributed by atoms with Gasteiger partial charge in [-0.15, -0.1) is 0 Å². The molecule has 0 aromatic carbocycles. The number of carboxylic acid groups (broad SMARTS) is 1. The van der Waals surface area contributed by atoms with E-state index in [0.717, 1.165) is 19.3 Å². The summed E-state index contributed by atoms with van der Waals surface area (Å²) in [5.41, 5.74) is -0.692. The van der Waals surface area contributed by atoms with Crippen molar-refractivity contribution >= 4 is 12.0 Å². The lowest BCUT2D eigenvalue weighted by molar-refractivity contribution is -0.149. The van der Waals surface area contributed by atoms with Crippen molar-refractivity contribution < 1.29 is 19.4 Å². The predicted molar refractivity (Wildman–Crippen MR) is 73.5 cm³/mol. The van der Waals surface area contributed by atoms with Gasteiger partial charge in [-0.3, -0.25) is 4.79 Å². The minimum atomic E-state index is -0.744. The van der Waals surface area contributed by atoms with Gasteiger partial charge in [0.25, 0.3) is 0 Å². The molecular formula is C14H24N2O4. The number of rotatable bonds is 6. The Morgan fingerprint density at radius 1 is 1.50 bits per heavy atom. The summed E-state index contributed by atoms with van der Waals surface area (Å²) in [6.45, 7) is 4.75. The van der Waals surface area contributed by atoms with Gasteiger partial charge in [0.1, 0.15) is 0 Å². The maximum atomic E-state index is 12.1. The first-order valence-electron chi connectivity index (χ1n) is 7.44. The van der Waals surface area contributed by atoms with E-state index in [1.807, 2.05) is 6.92 Å². The number of hydrogen-bond acceptors (Lipinski definition) is 3. The largest absolute Gasteiger partial charge is 0.481 e. The van der Waals surface area contributed by atoms with Gasteiger partial charge in [-0.1, -0.05) is 6.42 Å². The molecule has 2 N–H and O–H groups in total. The van der Waals surface area contributed by atoms with Crippen LogP contribution in [0.15, 0.2) is 0 Å². The fourth-order valence-corrected chi connectivity index (χ4v) is 3.42. The molecule has 0 unspecified atom stereocenters. The number of nitrogens with one attached hydrogen (secondary N) is 1. The van der Waals surface area contributed by atoms with Crippen LogP contribution in [0.25, 0.3) is 0 Å². The quantitative estimate of drug-likeness (QED) is 0.721. The summed E-state index contributed by atoms with van der Waals surface area (Å²) >= 11 is 0. The molecule has 2 rings (SSSR count). The van der Waals surface area contributed by atoms with Gasteiger partial charge in [-0.25, -0.2) is 4.79 Å². The molecule has 0 bridgehead atoms. The fourth-order valence-electron chi connectivity index (χ4n) is 3.42. The fraction of sp³-hybridized carbons (Fsp3) is 0.857. The number of urea groups is 1. The second-order valence-corrected chi connectivity index (χ2v) is 5.71. The van der Waals surface area contributed by atoms with E-state index in [4.69, 9.17) is 4.74 Å². The zero-order valence-corrected chi connectivity index (χ0v) is 12.1. The number of carbonyl (C=O) groups excluding carboxylic acids is 1. The van der Waals surface area contributed by atoms with Crippen molar-refractivity contribution in [2.45, 2.75) is 32.6 Å². The van der Waals surface area contributed by atoms with Crippen LogP contribution in [0.3, 0.4) is 0 Å². The second-order valence-electron chi connectivity index (χ2n) is 5.71. The van der Waals surface area contributed by atoms with Gasteiger partial charge >= 0.3 is 12.0 Å². The molecule has 20 heavy (non-hydrogen) atoms. The summed E-state index contributed by atoms with van der Waals surface area (Å²) in [5, 5.41) is 12.3. The summed E-state index contributed by atoms with van der Waals surface area (Å²) in [6, 6.07) is -0.142. The highest BCUT2D eigenvalue weighted by Crippen LogP contribution is 2.48. The minimum absolute atomic E-state index is 0.120. The van der Waals surface area contributed by atoms with Gasteiger partial charge in [0.05, 0.1) is 5.41 Å². The van der Waals surface area contributed by atoms with E-state index < -0.39 is 11.4 Å². The van der Waals surface area contributed by atoms with Crippen molar-refractivity contribution in [3.63, 3.8) is 0 Å². The van der Waals surface area contributed by atoms with Crippen LogP contribution < -0.4 is 5.32 Å². The molecule has 0 spiro atoms. The molecule has 0 radical (unpaired) electrons. The molecule has 2 aliphatic rings. The number of carboxylic acids is 1. The smallest absolute Gasteiger partial charge is 0.317 e. The Hall–Kier alpha value is -1.30. The molecule has 1 aliphatic heterocycles. The third kappa shape index (κ3) is 2.90. The number of amides is 2. The molecule has 1 saturated heterocycles. The highest BCUT2D eigenvalue weighted by atomic mass is 16.5. The standard InChI is InChI=1S/C14H24N2O4/c1-2-20-8-4-7-15-13(19)16-9-11-5-3-6-14(11,10-16)12(17)18/h11H,2-10H2,1H3,(H,15,19)(H,17,18)/t11-,14+/m0/s1. The molecule has 6 heteroatoms. The maximum absolute atomic E-state index is 12.1. The normalized spacial score (nSPS) is 28.4. The van der Waals surface area contributed by atoms with Crippen LogP contribution in [0.5, 0.6) is 0 Å². The van der Waals surface area contributed by atoms with E-state index in [-0.39, 0.29) is 11.9 Å². The predicted octanol–water partition coefficient (Wildman–Crippen LogP) is 1.31. The van der Waals surface area contributed by atoms with E-state index in [2.05, 4.69) is 5.32 Å². The van der Waals surface area contributed by atoms with Crippen molar-refractivity contribution in [2.24, 2.45) is 11.3 Å². The summed E-state index contributed by atoms with van der Waals surface area (Å²) in [4.78, 5) is 25.3. The van der Waals surface area contributed by atoms with Crippen LogP contribution >= 0.6 is 0 Å². The number of carbonyl (C=O) groups is 2. The lowest BCUT2D eigenvalue weighted by Gasteiger charge is -2.23. The second kappa shape index (κ2) is 6.43. The third-order valence-corrected chi connectivity index (χ3v) is 4.53. The number of likely N-dealkylation sites (tertiary alicyclic amines) is 1. The van der Waals surface area contributed by atoms with E-state index >= 15 is 0 Å². The van der Waals surface area contributed by atoms with Gasteiger partial charge in [0.2, 0.25) is 0 Å². The molecule has 2 atom stereocenters. The third-order valence-electron chi connectivity index (χ3n) is 4.53. The molecule has 1 aliphatic carbocycles. The Morgan fingerprint density at radius 2 is 2.30 bits per heavy atom. The Balaban J connectivity index is 1.80. The van der Waals surface area contributed by atoms with Gasteiger partial charge in [-0.05, 0) is 32.1 Å². The van der Waals surface area contributed by atoms with Crippen molar-refractivity contribution in [3.8, 4) is 0 Å². The van der Waals surface area contributed by atoms with Crippen molar-refractivity contribution in [1.82, 2.24) is 10.2 Å². The molecule has 2 fully saturated rings. The van der Waals surface area contributed by atoms with Crippen LogP contribution in [0.4, 0.5) is 4.79 Å². The molecule has 0 aromatic rings. The van der Waals surface area contributed by atoms with Crippen LogP contribution in [-0.4, -0.2) is 54.9 Å². The zero-order valence-electron chi connectivity index (χ0n) is 12.1. The molecule has 1 saturated carbocycles.